The summed E-state index contributed by atoms with van der Waals surface area (Å²) in [4.78, 5) is 0. The Hall–Kier alpha value is 0.740. The molecule has 0 aliphatic carbocycles. The maximum Gasteiger partial charge on any atom is 0.0714 e. The highest BCUT2D eigenvalue weighted by Crippen LogP contribution is 2.37. The van der Waals surface area contributed by atoms with Crippen molar-refractivity contribution >= 4 is 72.6 Å². The number of benzene rings is 1. The molecular weight excluding hydrogens is 379 g/mol. The highest BCUT2D eigenvalue weighted by Gasteiger charge is 2.08. The topological polar surface area (TPSA) is 0 Å². The third-order valence-electron chi connectivity index (χ3n) is 1.86. The van der Waals surface area contributed by atoms with Crippen LogP contribution in [0.2, 0.25) is 0 Å². The van der Waals surface area contributed by atoms with E-state index in [4.69, 9.17) is 0 Å². The third kappa shape index (κ3) is 1.78. The molecule has 1 aromatic heterocycles. The van der Waals surface area contributed by atoms with E-state index in [9.17, 15) is 0 Å². The zero-order valence-electron chi connectivity index (χ0n) is 6.55. The number of alkyl halides is 1. The lowest BCUT2D eigenvalue weighted by atomic mass is 10.2. The fourth-order valence-corrected chi connectivity index (χ4v) is 4.19. The summed E-state index contributed by atoms with van der Waals surface area (Å²) in [6.45, 7) is 0. The summed E-state index contributed by atoms with van der Waals surface area (Å²) in [7, 11) is 0. The summed E-state index contributed by atoms with van der Waals surface area (Å²) in [5.74, 6) is 0. The maximum absolute atomic E-state index is 4.44. The van der Waals surface area contributed by atoms with Gasteiger partial charge in [0.25, 0.3) is 0 Å². The summed E-state index contributed by atoms with van der Waals surface area (Å²) in [5.41, 5.74) is 1.35. The van der Waals surface area contributed by atoms with Gasteiger partial charge in [0.05, 0.1) is 4.21 Å². The molecule has 68 valence electrons. The molecule has 2 aromatic rings. The Morgan fingerprint density at radius 3 is 2.92 bits per heavy atom. The zero-order valence-corrected chi connectivity index (χ0v) is 12.0. The van der Waals surface area contributed by atoms with Crippen LogP contribution in [0.1, 0.15) is 5.56 Å². The first-order valence-corrected chi connectivity index (χ1v) is 7.15. The second-order valence-electron chi connectivity index (χ2n) is 2.65. The second kappa shape index (κ2) is 4.08. The van der Waals surface area contributed by atoms with Gasteiger partial charge in [-0.15, -0.1) is 24.0 Å². The molecule has 0 nitrogen and oxygen atoms in total. The van der Waals surface area contributed by atoms with Gasteiger partial charge >= 0.3 is 0 Å². The molecule has 0 unspecified atom stereocenters. The number of thiophene rings is 1. The molecule has 0 N–H and O–H groups in total. The minimum Gasteiger partial charge on any atom is -0.132 e. The monoisotopic (exact) mass is 384 g/mol. The molecule has 0 saturated heterocycles. The van der Waals surface area contributed by atoms with Crippen molar-refractivity contribution in [1.82, 2.24) is 0 Å². The number of thiol groups is 1. The molecule has 0 bridgehead atoms. The third-order valence-corrected chi connectivity index (χ3v) is 5.96. The van der Waals surface area contributed by atoms with Crippen LogP contribution in [0.25, 0.3) is 10.1 Å². The Bertz CT molecular complexity index is 450. The summed E-state index contributed by atoms with van der Waals surface area (Å²) < 4.78 is 3.74. The van der Waals surface area contributed by atoms with Crippen LogP contribution < -0.4 is 0 Å². The number of hydrogen-bond acceptors (Lipinski definition) is 2. The van der Waals surface area contributed by atoms with Crippen molar-refractivity contribution in [3.63, 3.8) is 0 Å². The number of halogens is 2. The lowest BCUT2D eigenvalue weighted by Crippen LogP contribution is -1.76. The zero-order chi connectivity index (χ0) is 9.42. The van der Waals surface area contributed by atoms with Crippen molar-refractivity contribution in [1.29, 1.82) is 0 Å². The van der Waals surface area contributed by atoms with Crippen LogP contribution in [-0.4, -0.2) is 0 Å². The summed E-state index contributed by atoms with van der Waals surface area (Å²) >= 11 is 12.0. The molecule has 0 spiro atoms. The Morgan fingerprint density at radius 2 is 2.23 bits per heavy atom. The largest absolute Gasteiger partial charge is 0.132 e. The van der Waals surface area contributed by atoms with E-state index in [2.05, 4.69) is 69.3 Å². The van der Waals surface area contributed by atoms with Gasteiger partial charge in [-0.3, -0.25) is 0 Å². The van der Waals surface area contributed by atoms with E-state index in [1.54, 1.807) is 11.3 Å². The van der Waals surface area contributed by atoms with Gasteiger partial charge in [0.1, 0.15) is 0 Å². The van der Waals surface area contributed by atoms with Gasteiger partial charge in [0, 0.05) is 19.0 Å². The van der Waals surface area contributed by atoms with Crippen LogP contribution in [0.5, 0.6) is 0 Å². The van der Waals surface area contributed by atoms with Crippen molar-refractivity contribution in [2.75, 3.05) is 0 Å². The summed E-state index contributed by atoms with van der Waals surface area (Å²) in [5, 5.41) is 2.24. The van der Waals surface area contributed by atoms with Crippen molar-refractivity contribution in [2.24, 2.45) is 0 Å². The van der Waals surface area contributed by atoms with E-state index < -0.39 is 0 Å². The highest BCUT2D eigenvalue weighted by molar-refractivity contribution is 14.1. The van der Waals surface area contributed by atoms with E-state index >= 15 is 0 Å². The molecule has 13 heavy (non-hydrogen) atoms. The summed E-state index contributed by atoms with van der Waals surface area (Å²) in [6.07, 6.45) is 0. The molecule has 1 heterocycles. The lowest BCUT2D eigenvalue weighted by Gasteiger charge is -1.96. The normalized spacial score (nSPS) is 11.0. The van der Waals surface area contributed by atoms with Crippen molar-refractivity contribution < 1.29 is 0 Å². The molecule has 1 aromatic carbocycles. The Balaban J connectivity index is 2.84. The Kier molecular flexibility index (Phi) is 3.22. The van der Waals surface area contributed by atoms with Gasteiger partial charge in [-0.2, -0.15) is 0 Å². The quantitative estimate of drug-likeness (QED) is 0.411. The molecule has 2 rings (SSSR count). The van der Waals surface area contributed by atoms with Crippen molar-refractivity contribution in [3.05, 3.63) is 27.3 Å². The summed E-state index contributed by atoms with van der Waals surface area (Å²) in [6, 6.07) is 6.40. The van der Waals surface area contributed by atoms with Crippen molar-refractivity contribution in [2.45, 2.75) is 9.54 Å². The molecule has 0 aliphatic heterocycles. The predicted octanol–water partition coefficient (Wildman–Crippen LogP) is 4.69. The molecule has 4 heteroatoms. The van der Waals surface area contributed by atoms with Gasteiger partial charge in [-0.05, 0) is 28.2 Å². The average Bonchev–Trinajstić information content (AvgIpc) is 2.43. The van der Waals surface area contributed by atoms with Gasteiger partial charge in [-0.1, -0.05) is 34.1 Å². The first kappa shape index (κ1) is 10.3. The van der Waals surface area contributed by atoms with Crippen LogP contribution in [-0.2, 0) is 5.33 Å². The predicted molar refractivity (Wildman–Crippen MR) is 74.4 cm³/mol. The number of fused-ring (bicyclic) bond motifs is 1. The fraction of sp³-hybridized carbons (Fsp3) is 0.111. The van der Waals surface area contributed by atoms with Gasteiger partial charge in [-0.25, -0.2) is 0 Å². The molecule has 0 amide bonds. The number of rotatable bonds is 1. The Labute approximate surface area is 108 Å². The smallest absolute Gasteiger partial charge is 0.0714 e. The van der Waals surface area contributed by atoms with Crippen LogP contribution in [0.3, 0.4) is 0 Å². The first-order chi connectivity index (χ1) is 6.24. The van der Waals surface area contributed by atoms with Gasteiger partial charge < -0.3 is 0 Å². The first-order valence-electron chi connectivity index (χ1n) is 3.69. The molecule has 0 atom stereocenters. The highest BCUT2D eigenvalue weighted by atomic mass is 127. The van der Waals surface area contributed by atoms with Crippen LogP contribution in [0, 0.1) is 3.57 Å². The van der Waals surface area contributed by atoms with Gasteiger partial charge in [0.2, 0.25) is 0 Å². The lowest BCUT2D eigenvalue weighted by molar-refractivity contribution is 1.51. The molecular formula is C9H6BrIS2. The standard InChI is InChI=1S/C9H6BrIS2/c10-4-5-2-1-3-6-7(11)9(12)13-8(5)6/h1-3,12H,4H2. The van der Waals surface area contributed by atoms with Crippen LogP contribution >= 0.6 is 62.5 Å². The SMILES string of the molecule is Sc1sc2c(CBr)cccc2c1I. The molecule has 0 radical (unpaired) electrons. The Morgan fingerprint density at radius 1 is 1.46 bits per heavy atom. The van der Waals surface area contributed by atoms with Gasteiger partial charge in [0.15, 0.2) is 0 Å². The molecule has 0 saturated carbocycles. The minimum absolute atomic E-state index is 0.911. The fourth-order valence-electron chi connectivity index (χ4n) is 1.24. The maximum atomic E-state index is 4.44. The van der Waals surface area contributed by atoms with E-state index in [-0.39, 0.29) is 0 Å². The van der Waals surface area contributed by atoms with Crippen molar-refractivity contribution in [3.8, 4) is 0 Å². The van der Waals surface area contributed by atoms with E-state index in [1.807, 2.05) is 0 Å². The molecule has 0 aliphatic rings. The average molecular weight is 385 g/mol. The van der Waals surface area contributed by atoms with Crippen LogP contribution in [0.4, 0.5) is 0 Å². The van der Waals surface area contributed by atoms with Crippen LogP contribution in [0.15, 0.2) is 22.4 Å². The minimum atomic E-state index is 0.911. The molecule has 0 fully saturated rings. The van der Waals surface area contributed by atoms with E-state index in [0.29, 0.717) is 0 Å². The van der Waals surface area contributed by atoms with E-state index in [1.165, 1.54) is 19.2 Å². The second-order valence-corrected chi connectivity index (χ2v) is 6.06. The number of hydrogen-bond donors (Lipinski definition) is 1. The van der Waals surface area contributed by atoms with E-state index in [0.717, 1.165) is 9.54 Å².